The van der Waals surface area contributed by atoms with Crippen molar-refractivity contribution in [3.63, 3.8) is 0 Å². The molecule has 2 amide bonds. The van der Waals surface area contributed by atoms with E-state index in [0.29, 0.717) is 40.3 Å². The van der Waals surface area contributed by atoms with Crippen LogP contribution in [0.25, 0.3) is 11.0 Å². The normalized spacial score (nSPS) is 13.1. The minimum absolute atomic E-state index is 0.0363. The summed E-state index contributed by atoms with van der Waals surface area (Å²) in [4.78, 5) is 38.7. The molecule has 3 aromatic carbocycles. The number of benzene rings is 3. The standard InChI is InChI=1S/C33H33FN8O4S/c1-19-8-10-21(11-9-19)47(45)42-15-13-22-31(36-24-7-5-6-23(34)29(24)30(35)44)38-33(39-32(22)42)37-25-17-26-20(16-27(25)46-4)12-14-41(26)28(43)18-40(2)3/h5-11,13,15-17H,12,14,18H2,1-4H3,(H2,35,44)(H2,36,37,38,39). The Bertz CT molecular complexity index is 2050. The molecule has 1 aliphatic heterocycles. The molecule has 0 fully saturated rings. The molecule has 4 N–H and O–H groups in total. The Morgan fingerprint density at radius 2 is 1.83 bits per heavy atom. The number of rotatable bonds is 10. The van der Waals surface area contributed by atoms with Crippen molar-refractivity contribution >= 4 is 62.7 Å². The highest BCUT2D eigenvalue weighted by molar-refractivity contribution is 7.83. The van der Waals surface area contributed by atoms with Crippen LogP contribution in [-0.4, -0.2) is 69.2 Å². The molecule has 5 aromatic rings. The zero-order valence-electron chi connectivity index (χ0n) is 26.2. The minimum Gasteiger partial charge on any atom is -0.495 e. The molecular formula is C33H33FN8O4S. The fraction of sp³-hybridized carbons (Fsp3) is 0.212. The Hall–Kier alpha value is -5.34. The van der Waals surface area contributed by atoms with Crippen molar-refractivity contribution < 1.29 is 22.9 Å². The average molecular weight is 657 g/mol. The summed E-state index contributed by atoms with van der Waals surface area (Å²) in [6.07, 6.45) is 2.30. The van der Waals surface area contributed by atoms with Crippen molar-refractivity contribution in [1.29, 1.82) is 0 Å². The number of methoxy groups -OCH3 is 1. The quantitative estimate of drug-likeness (QED) is 0.198. The molecule has 1 aliphatic rings. The Labute approximate surface area is 272 Å². The van der Waals surface area contributed by atoms with E-state index in [-0.39, 0.29) is 35.5 Å². The van der Waals surface area contributed by atoms with Gasteiger partial charge < -0.3 is 30.9 Å². The predicted octanol–water partition coefficient (Wildman–Crippen LogP) is 4.50. The molecule has 0 spiro atoms. The van der Waals surface area contributed by atoms with Crippen molar-refractivity contribution in [2.45, 2.75) is 18.2 Å². The summed E-state index contributed by atoms with van der Waals surface area (Å²) in [6, 6.07) is 16.8. The van der Waals surface area contributed by atoms with Gasteiger partial charge in [0.1, 0.15) is 17.4 Å². The van der Waals surface area contributed by atoms with Crippen LogP contribution in [0, 0.1) is 12.7 Å². The van der Waals surface area contributed by atoms with Gasteiger partial charge >= 0.3 is 0 Å². The molecule has 0 aliphatic carbocycles. The van der Waals surface area contributed by atoms with E-state index >= 15 is 0 Å². The lowest BCUT2D eigenvalue weighted by Crippen LogP contribution is -2.36. The van der Waals surface area contributed by atoms with Crippen LogP contribution in [0.4, 0.5) is 33.2 Å². The van der Waals surface area contributed by atoms with Crippen molar-refractivity contribution in [1.82, 2.24) is 18.8 Å². The summed E-state index contributed by atoms with van der Waals surface area (Å²) in [6.45, 7) is 2.74. The SMILES string of the molecule is COc1cc2c(cc1Nc1nc(Nc3cccc(F)c3C(N)=O)c3ccn(S(=O)c4ccc(C)cc4)c3n1)N(C(=O)CN(C)C)CC2. The second kappa shape index (κ2) is 12.8. The molecule has 242 valence electrons. The van der Waals surface area contributed by atoms with Gasteiger partial charge in [-0.2, -0.15) is 9.97 Å². The van der Waals surface area contributed by atoms with Gasteiger partial charge in [-0.05, 0) is 75.5 Å². The minimum atomic E-state index is -1.68. The maximum Gasteiger partial charge on any atom is 0.253 e. The van der Waals surface area contributed by atoms with E-state index < -0.39 is 22.7 Å². The summed E-state index contributed by atoms with van der Waals surface area (Å²) in [5.41, 5.74) is 8.79. The third-order valence-corrected chi connectivity index (χ3v) is 9.05. The van der Waals surface area contributed by atoms with E-state index in [9.17, 15) is 18.2 Å². The second-order valence-electron chi connectivity index (χ2n) is 11.3. The van der Waals surface area contributed by atoms with E-state index in [2.05, 4.69) is 15.6 Å². The van der Waals surface area contributed by atoms with E-state index in [1.807, 2.05) is 50.2 Å². The third-order valence-electron chi connectivity index (χ3n) is 7.72. The summed E-state index contributed by atoms with van der Waals surface area (Å²) in [5, 5.41) is 6.71. The average Bonchev–Trinajstić information content (AvgIpc) is 3.64. The molecule has 3 heterocycles. The number of nitrogens with one attached hydrogen (secondary N) is 2. The first-order valence-electron chi connectivity index (χ1n) is 14.7. The zero-order valence-corrected chi connectivity index (χ0v) is 27.0. The topological polar surface area (TPSA) is 148 Å². The molecule has 47 heavy (non-hydrogen) atoms. The molecule has 1 atom stereocenters. The van der Waals surface area contributed by atoms with E-state index in [1.165, 1.54) is 16.1 Å². The van der Waals surface area contributed by atoms with E-state index in [0.717, 1.165) is 22.9 Å². The van der Waals surface area contributed by atoms with Crippen LogP contribution in [0.3, 0.4) is 0 Å². The Morgan fingerprint density at radius 1 is 1.06 bits per heavy atom. The van der Waals surface area contributed by atoms with Crippen LogP contribution in [-0.2, 0) is 22.2 Å². The fourth-order valence-electron chi connectivity index (χ4n) is 5.47. The molecule has 0 radical (unpaired) electrons. The van der Waals surface area contributed by atoms with Gasteiger partial charge in [0.15, 0.2) is 16.6 Å². The highest BCUT2D eigenvalue weighted by Crippen LogP contribution is 2.39. The number of fused-ring (bicyclic) bond motifs is 2. The Balaban J connectivity index is 1.47. The zero-order chi connectivity index (χ0) is 33.4. The van der Waals surface area contributed by atoms with Crippen molar-refractivity contribution in [2.24, 2.45) is 5.73 Å². The molecule has 14 heteroatoms. The number of aromatic nitrogens is 3. The first kappa shape index (κ1) is 31.6. The molecule has 0 saturated heterocycles. The highest BCUT2D eigenvalue weighted by atomic mass is 32.2. The van der Waals surface area contributed by atoms with Gasteiger partial charge in [0, 0.05) is 18.4 Å². The van der Waals surface area contributed by atoms with Gasteiger partial charge in [0.05, 0.1) is 40.9 Å². The number of ether oxygens (including phenoxy) is 1. The molecule has 1 unspecified atom stereocenters. The van der Waals surface area contributed by atoms with Gasteiger partial charge in [-0.25, -0.2) is 12.6 Å². The monoisotopic (exact) mass is 656 g/mol. The number of nitrogens with two attached hydrogens (primary N) is 1. The predicted molar refractivity (Wildman–Crippen MR) is 180 cm³/mol. The summed E-state index contributed by atoms with van der Waals surface area (Å²) in [5.74, 6) is -0.994. The third kappa shape index (κ3) is 6.24. The lowest BCUT2D eigenvalue weighted by atomic mass is 10.1. The smallest absolute Gasteiger partial charge is 0.253 e. The second-order valence-corrected chi connectivity index (χ2v) is 12.7. The summed E-state index contributed by atoms with van der Waals surface area (Å²) in [7, 11) is 3.54. The van der Waals surface area contributed by atoms with E-state index in [4.69, 9.17) is 15.5 Å². The van der Waals surface area contributed by atoms with Gasteiger partial charge in [-0.3, -0.25) is 9.59 Å². The molecule has 2 aromatic heterocycles. The maximum atomic E-state index is 14.7. The van der Waals surface area contributed by atoms with Crippen molar-refractivity contribution in [3.05, 3.63) is 89.4 Å². The Kier molecular flexibility index (Phi) is 8.62. The first-order chi connectivity index (χ1) is 22.5. The lowest BCUT2D eigenvalue weighted by molar-refractivity contribution is -0.119. The summed E-state index contributed by atoms with van der Waals surface area (Å²) >= 11 is 0. The number of hydrogen-bond donors (Lipinski definition) is 3. The van der Waals surface area contributed by atoms with Crippen LogP contribution in [0.1, 0.15) is 21.5 Å². The number of nitrogens with zero attached hydrogens (tertiary/aromatic N) is 5. The number of likely N-dealkylation sites (N-methyl/N-ethyl adjacent to an activating group) is 1. The first-order valence-corrected chi connectivity index (χ1v) is 15.8. The number of hydrogen-bond acceptors (Lipinski definition) is 9. The number of halogens is 1. The van der Waals surface area contributed by atoms with Crippen LogP contribution >= 0.6 is 0 Å². The van der Waals surface area contributed by atoms with Crippen LogP contribution in [0.5, 0.6) is 5.75 Å². The number of primary amides is 1. The largest absolute Gasteiger partial charge is 0.495 e. The maximum absolute atomic E-state index is 14.7. The summed E-state index contributed by atoms with van der Waals surface area (Å²) < 4.78 is 35.6. The number of carbonyl (C=O) groups excluding carboxylic acids is 2. The van der Waals surface area contributed by atoms with E-state index in [1.54, 1.807) is 36.4 Å². The van der Waals surface area contributed by atoms with Gasteiger partial charge in [0.2, 0.25) is 11.9 Å². The number of amides is 2. The molecule has 6 rings (SSSR count). The van der Waals surface area contributed by atoms with Crippen LogP contribution < -0.4 is 26.0 Å². The number of anilines is 5. The molecular weight excluding hydrogens is 623 g/mol. The fourth-order valence-corrected chi connectivity index (χ4v) is 6.53. The number of carbonyl (C=O) groups is 2. The van der Waals surface area contributed by atoms with Crippen LogP contribution in [0.15, 0.2) is 71.8 Å². The number of aryl methyl sites for hydroxylation is 1. The van der Waals surface area contributed by atoms with Gasteiger partial charge in [-0.15, -0.1) is 0 Å². The molecule has 0 bridgehead atoms. The van der Waals surface area contributed by atoms with Gasteiger partial charge in [-0.1, -0.05) is 23.8 Å². The van der Waals surface area contributed by atoms with Gasteiger partial charge in [0.25, 0.3) is 5.91 Å². The Morgan fingerprint density at radius 3 is 2.53 bits per heavy atom. The van der Waals surface area contributed by atoms with Crippen molar-refractivity contribution in [3.8, 4) is 5.75 Å². The highest BCUT2D eigenvalue weighted by Gasteiger charge is 2.27. The van der Waals surface area contributed by atoms with Crippen LogP contribution in [0.2, 0.25) is 0 Å². The molecule has 12 nitrogen and oxygen atoms in total. The van der Waals surface area contributed by atoms with Crippen molar-refractivity contribution in [2.75, 3.05) is 49.8 Å². The lowest BCUT2D eigenvalue weighted by Gasteiger charge is -2.21. The molecule has 0 saturated carbocycles.